The number of phenols is 1. The van der Waals surface area contributed by atoms with E-state index in [0.29, 0.717) is 12.0 Å². The third-order valence-electron chi connectivity index (χ3n) is 5.52. The summed E-state index contributed by atoms with van der Waals surface area (Å²) in [6.45, 7) is 11.2. The molecule has 0 fully saturated rings. The van der Waals surface area contributed by atoms with E-state index in [4.69, 9.17) is 9.47 Å². The van der Waals surface area contributed by atoms with Gasteiger partial charge in [0, 0.05) is 18.2 Å². The molecule has 0 heterocycles. The minimum atomic E-state index is -1.41. The summed E-state index contributed by atoms with van der Waals surface area (Å²) >= 11 is 0. The van der Waals surface area contributed by atoms with E-state index in [1.807, 2.05) is 6.92 Å². The molecule has 3 amide bonds. The van der Waals surface area contributed by atoms with Gasteiger partial charge in [-0.25, -0.2) is 4.79 Å². The van der Waals surface area contributed by atoms with Crippen LogP contribution < -0.4 is 10.6 Å². The molecule has 1 rings (SSSR count). The summed E-state index contributed by atoms with van der Waals surface area (Å²) in [6.07, 6.45) is -0.559. The second kappa shape index (κ2) is 14.4. The zero-order chi connectivity index (χ0) is 28.3. The van der Waals surface area contributed by atoms with Crippen molar-refractivity contribution in [2.45, 2.75) is 85.0 Å². The van der Waals surface area contributed by atoms with Crippen molar-refractivity contribution >= 4 is 23.9 Å². The van der Waals surface area contributed by atoms with Gasteiger partial charge >= 0.3 is 12.1 Å². The molecule has 0 radical (unpaired) electrons. The standard InChI is InChI=1S/C26H41N3O8/c1-8-17(4)29(24(34)19(15-30)28-25(35)37-26(5,6)7)21(18-12-10-11-16(3)22(18)32)23(33)27-14-13-20(31)36-9-2/h10-12,17,19,21,30,32H,8-9,13-15H2,1-7H3,(H,27,33)(H,28,35). The summed E-state index contributed by atoms with van der Waals surface area (Å²) in [7, 11) is 0. The Hall–Kier alpha value is -3.34. The number of benzene rings is 1. The number of nitrogens with zero attached hydrogens (tertiary/aromatic N) is 1. The molecule has 0 aliphatic rings. The number of hydrogen-bond acceptors (Lipinski definition) is 8. The maximum atomic E-state index is 13.7. The van der Waals surface area contributed by atoms with E-state index >= 15 is 0 Å². The van der Waals surface area contributed by atoms with E-state index in [1.165, 1.54) is 11.0 Å². The molecule has 1 aromatic rings. The summed E-state index contributed by atoms with van der Waals surface area (Å²) in [5, 5.41) is 25.8. The van der Waals surface area contributed by atoms with Crippen molar-refractivity contribution in [2.24, 2.45) is 0 Å². The highest BCUT2D eigenvalue weighted by Gasteiger charge is 2.39. The minimum Gasteiger partial charge on any atom is -0.507 e. The molecule has 37 heavy (non-hydrogen) atoms. The molecule has 11 heteroatoms. The molecule has 3 unspecified atom stereocenters. The number of nitrogens with one attached hydrogen (secondary N) is 2. The van der Waals surface area contributed by atoms with Gasteiger partial charge in [0.15, 0.2) is 0 Å². The third kappa shape index (κ3) is 9.56. The van der Waals surface area contributed by atoms with Crippen LogP contribution in [0.3, 0.4) is 0 Å². The average molecular weight is 524 g/mol. The van der Waals surface area contributed by atoms with Gasteiger partial charge in [-0.3, -0.25) is 14.4 Å². The summed E-state index contributed by atoms with van der Waals surface area (Å²) in [5.41, 5.74) is -0.182. The highest BCUT2D eigenvalue weighted by molar-refractivity contribution is 5.93. The average Bonchev–Trinajstić information content (AvgIpc) is 2.81. The Morgan fingerprint density at radius 3 is 2.32 bits per heavy atom. The Labute approximate surface area is 218 Å². The van der Waals surface area contributed by atoms with Crippen molar-refractivity contribution in [1.29, 1.82) is 0 Å². The van der Waals surface area contributed by atoms with Crippen molar-refractivity contribution in [3.63, 3.8) is 0 Å². The Kier molecular flexibility index (Phi) is 12.3. The van der Waals surface area contributed by atoms with Crippen LogP contribution in [0.25, 0.3) is 0 Å². The van der Waals surface area contributed by atoms with Gasteiger partial charge in [0.2, 0.25) is 11.8 Å². The van der Waals surface area contributed by atoms with E-state index in [1.54, 1.807) is 53.7 Å². The number of para-hydroxylation sites is 1. The largest absolute Gasteiger partial charge is 0.507 e. The zero-order valence-electron chi connectivity index (χ0n) is 22.8. The van der Waals surface area contributed by atoms with Gasteiger partial charge < -0.3 is 35.2 Å². The molecule has 0 saturated carbocycles. The number of esters is 1. The molecular weight excluding hydrogens is 482 g/mol. The first-order valence-corrected chi connectivity index (χ1v) is 12.4. The van der Waals surface area contributed by atoms with Crippen LogP contribution in [0.4, 0.5) is 4.79 Å². The lowest BCUT2D eigenvalue weighted by Crippen LogP contribution is -2.56. The van der Waals surface area contributed by atoms with Crippen LogP contribution in [-0.4, -0.2) is 76.4 Å². The topological polar surface area (TPSA) is 154 Å². The Balaban J connectivity index is 3.43. The SMILES string of the molecule is CCOC(=O)CCNC(=O)C(c1cccc(C)c1O)N(C(=O)C(CO)NC(=O)OC(C)(C)C)C(C)CC. The molecule has 4 N–H and O–H groups in total. The number of aliphatic hydroxyl groups is 1. The molecular formula is C26H41N3O8. The van der Waals surface area contributed by atoms with Crippen LogP contribution in [0, 0.1) is 6.92 Å². The van der Waals surface area contributed by atoms with Gasteiger partial charge in [-0.1, -0.05) is 25.1 Å². The fourth-order valence-corrected chi connectivity index (χ4v) is 3.55. The Morgan fingerprint density at radius 1 is 1.14 bits per heavy atom. The van der Waals surface area contributed by atoms with Crippen LogP contribution in [-0.2, 0) is 23.9 Å². The van der Waals surface area contributed by atoms with Gasteiger partial charge in [0.05, 0.1) is 19.6 Å². The Morgan fingerprint density at radius 2 is 1.78 bits per heavy atom. The fraction of sp³-hybridized carbons (Fsp3) is 0.615. The number of aliphatic hydroxyl groups excluding tert-OH is 1. The summed E-state index contributed by atoms with van der Waals surface area (Å²) in [6, 6.07) is 1.55. The molecule has 3 atom stereocenters. The maximum Gasteiger partial charge on any atom is 0.408 e. The number of carbonyl (C=O) groups excluding carboxylic acids is 4. The minimum absolute atomic E-state index is 0.0527. The van der Waals surface area contributed by atoms with Gasteiger partial charge in [0.25, 0.3) is 0 Å². The van der Waals surface area contributed by atoms with Crippen LogP contribution in [0.15, 0.2) is 18.2 Å². The molecule has 0 aliphatic heterocycles. The molecule has 1 aromatic carbocycles. The number of hydrogen-bond donors (Lipinski definition) is 4. The molecule has 0 saturated heterocycles. The first-order valence-electron chi connectivity index (χ1n) is 12.4. The van der Waals surface area contributed by atoms with Crippen molar-refractivity contribution in [3.05, 3.63) is 29.3 Å². The maximum absolute atomic E-state index is 13.7. The van der Waals surface area contributed by atoms with Crippen molar-refractivity contribution in [3.8, 4) is 5.75 Å². The van der Waals surface area contributed by atoms with Crippen LogP contribution in [0.1, 0.15) is 71.6 Å². The quantitative estimate of drug-likeness (QED) is 0.304. The van der Waals surface area contributed by atoms with Gasteiger partial charge in [-0.2, -0.15) is 0 Å². The van der Waals surface area contributed by atoms with E-state index in [2.05, 4.69) is 10.6 Å². The number of rotatable bonds is 12. The van der Waals surface area contributed by atoms with Gasteiger partial charge in [-0.15, -0.1) is 0 Å². The smallest absolute Gasteiger partial charge is 0.408 e. The van der Waals surface area contributed by atoms with E-state index < -0.39 is 54.2 Å². The van der Waals surface area contributed by atoms with E-state index in [0.717, 1.165) is 0 Å². The predicted molar refractivity (Wildman–Crippen MR) is 137 cm³/mol. The molecule has 0 spiro atoms. The lowest BCUT2D eigenvalue weighted by molar-refractivity contribution is -0.146. The Bertz CT molecular complexity index is 944. The van der Waals surface area contributed by atoms with Crippen LogP contribution in [0.2, 0.25) is 0 Å². The first-order chi connectivity index (χ1) is 17.3. The highest BCUT2D eigenvalue weighted by Crippen LogP contribution is 2.33. The summed E-state index contributed by atoms with van der Waals surface area (Å²) in [5.74, 6) is -2.05. The van der Waals surface area contributed by atoms with Gasteiger partial charge in [0.1, 0.15) is 23.4 Å². The number of alkyl carbamates (subject to hydrolysis) is 1. The number of ether oxygens (including phenoxy) is 2. The summed E-state index contributed by atoms with van der Waals surface area (Å²) < 4.78 is 10.1. The van der Waals surface area contributed by atoms with Crippen LogP contribution in [0.5, 0.6) is 5.75 Å². The molecule has 11 nitrogen and oxygen atoms in total. The molecule has 0 bridgehead atoms. The number of aromatic hydroxyl groups is 1. The van der Waals surface area contributed by atoms with Crippen molar-refractivity contribution in [1.82, 2.24) is 15.5 Å². The predicted octanol–water partition coefficient (Wildman–Crippen LogP) is 2.32. The first kappa shape index (κ1) is 31.7. The summed E-state index contributed by atoms with van der Waals surface area (Å²) in [4.78, 5) is 52.5. The van der Waals surface area contributed by atoms with Crippen molar-refractivity contribution < 1.29 is 38.9 Å². The number of amides is 3. The molecule has 0 aliphatic carbocycles. The van der Waals surface area contributed by atoms with E-state index in [-0.39, 0.29) is 30.9 Å². The van der Waals surface area contributed by atoms with Crippen LogP contribution >= 0.6 is 0 Å². The zero-order valence-corrected chi connectivity index (χ0v) is 22.8. The lowest BCUT2D eigenvalue weighted by atomic mass is 9.97. The van der Waals surface area contributed by atoms with E-state index in [9.17, 15) is 29.4 Å². The van der Waals surface area contributed by atoms with Crippen molar-refractivity contribution in [2.75, 3.05) is 19.8 Å². The lowest BCUT2D eigenvalue weighted by Gasteiger charge is -2.38. The molecule has 208 valence electrons. The number of phenolic OH excluding ortho intramolecular Hbond substituents is 1. The molecule has 0 aromatic heterocycles. The number of aryl methyl sites for hydroxylation is 1. The fourth-order valence-electron chi connectivity index (χ4n) is 3.55. The monoisotopic (exact) mass is 523 g/mol. The third-order valence-corrected chi connectivity index (χ3v) is 5.52. The van der Waals surface area contributed by atoms with Gasteiger partial charge in [-0.05, 0) is 53.5 Å². The second-order valence-electron chi connectivity index (χ2n) is 9.65. The second-order valence-corrected chi connectivity index (χ2v) is 9.65. The highest BCUT2D eigenvalue weighted by atomic mass is 16.6. The number of carbonyl (C=O) groups is 4. The normalized spacial score (nSPS) is 13.6.